The van der Waals surface area contributed by atoms with Gasteiger partial charge in [-0.2, -0.15) is 0 Å². The third-order valence-corrected chi connectivity index (χ3v) is 2.51. The van der Waals surface area contributed by atoms with Gasteiger partial charge < -0.3 is 14.8 Å². The molecule has 0 aliphatic carbocycles. The molecule has 0 saturated carbocycles. The molecule has 100 valence electrons. The summed E-state index contributed by atoms with van der Waals surface area (Å²) in [6.45, 7) is 3.60. The summed E-state index contributed by atoms with van der Waals surface area (Å²) in [4.78, 5) is 11.6. The van der Waals surface area contributed by atoms with Gasteiger partial charge in [0.05, 0.1) is 12.2 Å². The summed E-state index contributed by atoms with van der Waals surface area (Å²) in [5, 5.41) is 2.99. The van der Waals surface area contributed by atoms with Crippen molar-refractivity contribution in [3.05, 3.63) is 29.8 Å². The number of esters is 1. The summed E-state index contributed by atoms with van der Waals surface area (Å²) in [6, 6.07) is 7.17. The number of nitrogens with one attached hydrogen (secondary N) is 1. The summed E-state index contributed by atoms with van der Waals surface area (Å²) in [5.74, 6) is -0.309. The summed E-state index contributed by atoms with van der Waals surface area (Å²) in [6.07, 6.45) is 2.15. The third kappa shape index (κ3) is 5.19. The minimum atomic E-state index is -0.309. The second-order valence-corrected chi connectivity index (χ2v) is 3.93. The van der Waals surface area contributed by atoms with Gasteiger partial charge in [0, 0.05) is 19.3 Å². The zero-order chi connectivity index (χ0) is 13.2. The minimum absolute atomic E-state index is 0.302. The zero-order valence-corrected chi connectivity index (χ0v) is 11.1. The monoisotopic (exact) mass is 251 g/mol. The molecule has 0 heterocycles. The molecule has 0 bridgehead atoms. The lowest BCUT2D eigenvalue weighted by Crippen LogP contribution is -2.11. The quantitative estimate of drug-likeness (QED) is 0.570. The first-order chi connectivity index (χ1) is 8.77. The Labute approximate surface area is 108 Å². The molecule has 0 radical (unpaired) electrons. The van der Waals surface area contributed by atoms with Crippen molar-refractivity contribution in [2.45, 2.75) is 19.8 Å². The Morgan fingerprint density at radius 1 is 1.17 bits per heavy atom. The van der Waals surface area contributed by atoms with E-state index in [2.05, 4.69) is 12.2 Å². The average Bonchev–Trinajstić information content (AvgIpc) is 2.42. The maximum absolute atomic E-state index is 11.6. The molecule has 1 rings (SSSR count). The number of hydrogen-bond acceptors (Lipinski definition) is 4. The molecule has 0 aliphatic rings. The first kappa shape index (κ1) is 14.5. The van der Waals surface area contributed by atoms with Crippen molar-refractivity contribution in [3.8, 4) is 0 Å². The average molecular weight is 251 g/mol. The number of ether oxygens (including phenoxy) is 2. The van der Waals surface area contributed by atoms with E-state index in [9.17, 15) is 4.79 Å². The molecule has 0 amide bonds. The lowest BCUT2D eigenvalue weighted by molar-refractivity contribution is 0.0314. The Kier molecular flexibility index (Phi) is 6.87. The van der Waals surface area contributed by atoms with Gasteiger partial charge in [0.2, 0.25) is 0 Å². The van der Waals surface area contributed by atoms with Crippen molar-refractivity contribution >= 4 is 11.7 Å². The highest BCUT2D eigenvalue weighted by Crippen LogP contribution is 2.09. The second-order valence-electron chi connectivity index (χ2n) is 3.93. The Bertz CT molecular complexity index is 349. The van der Waals surface area contributed by atoms with Gasteiger partial charge in [0.15, 0.2) is 0 Å². The summed E-state index contributed by atoms with van der Waals surface area (Å²) >= 11 is 0. The topological polar surface area (TPSA) is 47.6 Å². The van der Waals surface area contributed by atoms with Gasteiger partial charge in [-0.05, 0) is 30.7 Å². The van der Waals surface area contributed by atoms with Gasteiger partial charge in [0.25, 0.3) is 0 Å². The van der Waals surface area contributed by atoms with Crippen molar-refractivity contribution in [1.29, 1.82) is 0 Å². The number of rotatable bonds is 8. The molecule has 0 unspecified atom stereocenters. The van der Waals surface area contributed by atoms with Gasteiger partial charge in [-0.25, -0.2) is 4.79 Å². The normalized spacial score (nSPS) is 10.1. The van der Waals surface area contributed by atoms with Crippen LogP contribution in [0.1, 0.15) is 30.1 Å². The van der Waals surface area contributed by atoms with Gasteiger partial charge in [-0.3, -0.25) is 0 Å². The summed E-state index contributed by atoms with van der Waals surface area (Å²) in [5.41, 5.74) is 1.53. The standard InChI is InChI=1S/C14H21NO3/c1-3-4-9-17-10-11-18-14(16)12-5-7-13(15-2)8-6-12/h5-8,15H,3-4,9-11H2,1-2H3. The molecule has 4 nitrogen and oxygen atoms in total. The molecule has 0 aromatic heterocycles. The largest absolute Gasteiger partial charge is 0.460 e. The van der Waals surface area contributed by atoms with Crippen LogP contribution in [0.5, 0.6) is 0 Å². The predicted molar refractivity (Wildman–Crippen MR) is 72.0 cm³/mol. The van der Waals surface area contributed by atoms with Crippen LogP contribution in [-0.2, 0) is 9.47 Å². The predicted octanol–water partition coefficient (Wildman–Crippen LogP) is 2.70. The van der Waals surface area contributed by atoms with Gasteiger partial charge >= 0.3 is 5.97 Å². The third-order valence-electron chi connectivity index (χ3n) is 2.51. The molecule has 0 spiro atoms. The molecule has 1 aromatic rings. The maximum Gasteiger partial charge on any atom is 0.338 e. The van der Waals surface area contributed by atoms with E-state index in [0.717, 1.165) is 25.1 Å². The Morgan fingerprint density at radius 2 is 1.89 bits per heavy atom. The Hall–Kier alpha value is -1.55. The molecule has 18 heavy (non-hydrogen) atoms. The van der Waals surface area contributed by atoms with Gasteiger partial charge in [0.1, 0.15) is 6.61 Å². The molecule has 0 fully saturated rings. The first-order valence-electron chi connectivity index (χ1n) is 6.30. The maximum atomic E-state index is 11.6. The lowest BCUT2D eigenvalue weighted by Gasteiger charge is -2.06. The van der Waals surface area contributed by atoms with E-state index < -0.39 is 0 Å². The van der Waals surface area contributed by atoms with Crippen LogP contribution in [-0.4, -0.2) is 32.8 Å². The van der Waals surface area contributed by atoms with Crippen molar-refractivity contribution in [2.75, 3.05) is 32.2 Å². The molecule has 0 atom stereocenters. The first-order valence-corrected chi connectivity index (χ1v) is 6.30. The fourth-order valence-electron chi connectivity index (χ4n) is 1.40. The number of carbonyl (C=O) groups excluding carboxylic acids is 1. The van der Waals surface area contributed by atoms with Crippen LogP contribution in [0, 0.1) is 0 Å². The number of unbranched alkanes of at least 4 members (excludes halogenated alkanes) is 1. The van der Waals surface area contributed by atoms with Crippen LogP contribution in [0.3, 0.4) is 0 Å². The van der Waals surface area contributed by atoms with E-state index in [-0.39, 0.29) is 5.97 Å². The van der Waals surface area contributed by atoms with Crippen LogP contribution in [0.4, 0.5) is 5.69 Å². The van der Waals surface area contributed by atoms with Crippen LogP contribution in [0.2, 0.25) is 0 Å². The van der Waals surface area contributed by atoms with Crippen molar-refractivity contribution in [2.24, 2.45) is 0 Å². The second kappa shape index (κ2) is 8.53. The fraction of sp³-hybridized carbons (Fsp3) is 0.500. The van der Waals surface area contributed by atoms with E-state index in [0.29, 0.717) is 18.8 Å². The number of benzene rings is 1. The van der Waals surface area contributed by atoms with Crippen molar-refractivity contribution in [3.63, 3.8) is 0 Å². The smallest absolute Gasteiger partial charge is 0.338 e. The minimum Gasteiger partial charge on any atom is -0.460 e. The molecule has 4 heteroatoms. The fourth-order valence-corrected chi connectivity index (χ4v) is 1.40. The number of carbonyl (C=O) groups is 1. The van der Waals surface area contributed by atoms with Crippen LogP contribution in [0.15, 0.2) is 24.3 Å². The zero-order valence-electron chi connectivity index (χ0n) is 11.1. The SMILES string of the molecule is CCCCOCCOC(=O)c1ccc(NC)cc1. The van der Waals surface area contributed by atoms with E-state index >= 15 is 0 Å². The van der Waals surface area contributed by atoms with Gasteiger partial charge in [-0.1, -0.05) is 13.3 Å². The lowest BCUT2D eigenvalue weighted by atomic mass is 10.2. The number of anilines is 1. The van der Waals surface area contributed by atoms with Crippen LogP contribution in [0.25, 0.3) is 0 Å². The highest BCUT2D eigenvalue weighted by atomic mass is 16.6. The molecule has 1 aromatic carbocycles. The van der Waals surface area contributed by atoms with Crippen LogP contribution < -0.4 is 5.32 Å². The highest BCUT2D eigenvalue weighted by molar-refractivity contribution is 5.89. The van der Waals surface area contributed by atoms with E-state index in [1.54, 1.807) is 12.1 Å². The van der Waals surface area contributed by atoms with Crippen molar-refractivity contribution < 1.29 is 14.3 Å². The summed E-state index contributed by atoms with van der Waals surface area (Å²) in [7, 11) is 1.83. The Morgan fingerprint density at radius 3 is 2.50 bits per heavy atom. The highest BCUT2D eigenvalue weighted by Gasteiger charge is 2.06. The molecular formula is C14H21NO3. The Balaban J connectivity index is 2.23. The van der Waals surface area contributed by atoms with E-state index in [4.69, 9.17) is 9.47 Å². The van der Waals surface area contributed by atoms with Gasteiger partial charge in [-0.15, -0.1) is 0 Å². The molecule has 0 aliphatic heterocycles. The number of hydrogen-bond donors (Lipinski definition) is 1. The molecular weight excluding hydrogens is 230 g/mol. The molecule has 1 N–H and O–H groups in total. The van der Waals surface area contributed by atoms with Crippen LogP contribution >= 0.6 is 0 Å². The van der Waals surface area contributed by atoms with E-state index in [1.165, 1.54) is 0 Å². The van der Waals surface area contributed by atoms with Crippen molar-refractivity contribution in [1.82, 2.24) is 0 Å². The molecule has 0 saturated heterocycles. The summed E-state index contributed by atoms with van der Waals surface area (Å²) < 4.78 is 10.4. The van der Waals surface area contributed by atoms with E-state index in [1.807, 2.05) is 19.2 Å².